The van der Waals surface area contributed by atoms with Gasteiger partial charge in [-0.05, 0) is 19.4 Å². The summed E-state index contributed by atoms with van der Waals surface area (Å²) >= 11 is 0. The molecule has 2 heterocycles. The first-order valence-corrected chi connectivity index (χ1v) is 5.72. The third kappa shape index (κ3) is 2.36. The highest BCUT2D eigenvalue weighted by molar-refractivity contribution is 5.87. The molecule has 0 amide bonds. The minimum absolute atomic E-state index is 0.0412. The Hall–Kier alpha value is -1.69. The highest BCUT2D eigenvalue weighted by Gasteiger charge is 2.24. The van der Waals surface area contributed by atoms with Gasteiger partial charge in [-0.3, -0.25) is 4.90 Å². The van der Waals surface area contributed by atoms with E-state index < -0.39 is 5.97 Å². The third-order valence-electron chi connectivity index (χ3n) is 2.90. The van der Waals surface area contributed by atoms with Crippen LogP contribution >= 0.6 is 0 Å². The Morgan fingerprint density at radius 1 is 1.53 bits per heavy atom. The Morgan fingerprint density at radius 2 is 2.29 bits per heavy atom. The average Bonchev–Trinajstić information content (AvgIpc) is 2.27. The highest BCUT2D eigenvalue weighted by Crippen LogP contribution is 2.20. The lowest BCUT2D eigenvalue weighted by Gasteiger charge is -2.28. The molecule has 0 aliphatic carbocycles. The van der Waals surface area contributed by atoms with E-state index in [9.17, 15) is 4.79 Å². The number of anilines is 1. The standard InChI is InChI=1S/C11H16N4O2/c1-2-4-15-5-3-7-8(6-15)13-11(12)14-9(7)10(16)17/h2-6H2,1H3,(H,16,17)(H2,12,13,14). The summed E-state index contributed by atoms with van der Waals surface area (Å²) in [6.07, 6.45) is 1.75. The topological polar surface area (TPSA) is 92.3 Å². The molecular formula is C11H16N4O2. The molecule has 3 N–H and O–H groups in total. The van der Waals surface area contributed by atoms with Gasteiger partial charge in [0, 0.05) is 18.7 Å². The van der Waals surface area contributed by atoms with Gasteiger partial charge in [-0.1, -0.05) is 6.92 Å². The van der Waals surface area contributed by atoms with E-state index in [0.29, 0.717) is 13.0 Å². The van der Waals surface area contributed by atoms with Crippen LogP contribution in [0.1, 0.15) is 35.1 Å². The molecule has 0 fully saturated rings. The van der Waals surface area contributed by atoms with E-state index in [2.05, 4.69) is 21.8 Å². The number of nitrogens with two attached hydrogens (primary N) is 1. The lowest BCUT2D eigenvalue weighted by atomic mass is 10.0. The van der Waals surface area contributed by atoms with Crippen molar-refractivity contribution in [1.29, 1.82) is 0 Å². The van der Waals surface area contributed by atoms with Crippen LogP contribution in [0.3, 0.4) is 0 Å². The van der Waals surface area contributed by atoms with E-state index in [-0.39, 0.29) is 11.6 Å². The van der Waals surface area contributed by atoms with Crippen LogP contribution in [0.15, 0.2) is 0 Å². The van der Waals surface area contributed by atoms with Crippen molar-refractivity contribution in [2.45, 2.75) is 26.3 Å². The number of aromatic carboxylic acids is 1. The number of carbonyl (C=O) groups is 1. The van der Waals surface area contributed by atoms with Gasteiger partial charge in [-0.15, -0.1) is 0 Å². The molecule has 0 radical (unpaired) electrons. The van der Waals surface area contributed by atoms with Gasteiger partial charge in [-0.25, -0.2) is 14.8 Å². The van der Waals surface area contributed by atoms with Gasteiger partial charge < -0.3 is 10.8 Å². The maximum atomic E-state index is 11.1. The van der Waals surface area contributed by atoms with Crippen molar-refractivity contribution < 1.29 is 9.90 Å². The number of aromatic nitrogens is 2. The molecular weight excluding hydrogens is 220 g/mol. The molecule has 6 nitrogen and oxygen atoms in total. The maximum absolute atomic E-state index is 11.1. The van der Waals surface area contributed by atoms with Crippen LogP contribution in [0, 0.1) is 0 Å². The van der Waals surface area contributed by atoms with Crippen LogP contribution in [0.5, 0.6) is 0 Å². The fourth-order valence-corrected chi connectivity index (χ4v) is 2.19. The summed E-state index contributed by atoms with van der Waals surface area (Å²) in [5, 5.41) is 9.08. The van der Waals surface area contributed by atoms with Crippen LogP contribution in [-0.4, -0.2) is 39.0 Å². The highest BCUT2D eigenvalue weighted by atomic mass is 16.4. The minimum Gasteiger partial charge on any atom is -0.476 e. The summed E-state index contributed by atoms with van der Waals surface area (Å²) < 4.78 is 0. The molecule has 1 aliphatic heterocycles. The van der Waals surface area contributed by atoms with Gasteiger partial charge in [0.15, 0.2) is 5.69 Å². The Morgan fingerprint density at radius 3 is 2.94 bits per heavy atom. The van der Waals surface area contributed by atoms with Crippen LogP contribution in [0.25, 0.3) is 0 Å². The van der Waals surface area contributed by atoms with E-state index in [4.69, 9.17) is 10.8 Å². The van der Waals surface area contributed by atoms with Crippen LogP contribution in [-0.2, 0) is 13.0 Å². The van der Waals surface area contributed by atoms with Crippen molar-refractivity contribution in [2.24, 2.45) is 0 Å². The van der Waals surface area contributed by atoms with E-state index in [1.165, 1.54) is 0 Å². The van der Waals surface area contributed by atoms with Crippen LogP contribution in [0.4, 0.5) is 5.95 Å². The first kappa shape index (κ1) is 11.8. The second-order valence-electron chi connectivity index (χ2n) is 4.19. The monoisotopic (exact) mass is 236 g/mol. The second kappa shape index (κ2) is 4.67. The molecule has 92 valence electrons. The summed E-state index contributed by atoms with van der Waals surface area (Å²) in [5.41, 5.74) is 7.09. The van der Waals surface area contributed by atoms with Crippen molar-refractivity contribution in [3.63, 3.8) is 0 Å². The molecule has 17 heavy (non-hydrogen) atoms. The van der Waals surface area contributed by atoms with Crippen molar-refractivity contribution in [3.8, 4) is 0 Å². The molecule has 0 spiro atoms. The summed E-state index contributed by atoms with van der Waals surface area (Å²) in [6, 6.07) is 0. The van der Waals surface area contributed by atoms with Gasteiger partial charge in [0.2, 0.25) is 5.95 Å². The van der Waals surface area contributed by atoms with Gasteiger partial charge >= 0.3 is 5.97 Å². The fraction of sp³-hybridized carbons (Fsp3) is 0.545. The van der Waals surface area contributed by atoms with E-state index in [1.807, 2.05) is 0 Å². The summed E-state index contributed by atoms with van der Waals surface area (Å²) in [5.74, 6) is -0.987. The second-order valence-corrected chi connectivity index (χ2v) is 4.19. The van der Waals surface area contributed by atoms with Crippen molar-refractivity contribution in [3.05, 3.63) is 17.0 Å². The first-order valence-electron chi connectivity index (χ1n) is 5.72. The molecule has 0 saturated carbocycles. The van der Waals surface area contributed by atoms with Crippen molar-refractivity contribution >= 4 is 11.9 Å². The van der Waals surface area contributed by atoms with Gasteiger partial charge in [0.1, 0.15) is 0 Å². The van der Waals surface area contributed by atoms with E-state index in [1.54, 1.807) is 0 Å². The molecule has 0 atom stereocenters. The van der Waals surface area contributed by atoms with E-state index >= 15 is 0 Å². The molecule has 1 aliphatic rings. The van der Waals surface area contributed by atoms with Crippen molar-refractivity contribution in [2.75, 3.05) is 18.8 Å². The third-order valence-corrected chi connectivity index (χ3v) is 2.90. The van der Waals surface area contributed by atoms with E-state index in [0.717, 1.165) is 30.8 Å². The Kier molecular flexibility index (Phi) is 3.23. The molecule has 0 bridgehead atoms. The zero-order valence-corrected chi connectivity index (χ0v) is 9.81. The SMILES string of the molecule is CCCN1CCc2c(nc(N)nc2C(=O)O)C1. The number of nitrogens with zero attached hydrogens (tertiary/aromatic N) is 3. The number of rotatable bonds is 3. The van der Waals surface area contributed by atoms with Crippen LogP contribution < -0.4 is 5.73 Å². The molecule has 0 aromatic carbocycles. The quantitative estimate of drug-likeness (QED) is 0.795. The lowest BCUT2D eigenvalue weighted by molar-refractivity contribution is 0.0687. The summed E-state index contributed by atoms with van der Waals surface area (Å²) in [4.78, 5) is 21.3. The molecule has 1 aromatic heterocycles. The largest absolute Gasteiger partial charge is 0.476 e. The Bertz CT molecular complexity index is 447. The number of nitrogen functional groups attached to an aromatic ring is 1. The predicted molar refractivity (Wildman–Crippen MR) is 62.7 cm³/mol. The van der Waals surface area contributed by atoms with Crippen LogP contribution in [0.2, 0.25) is 0 Å². The minimum atomic E-state index is -1.03. The number of fused-ring (bicyclic) bond motifs is 1. The maximum Gasteiger partial charge on any atom is 0.354 e. The number of carboxylic acids is 1. The molecule has 6 heteroatoms. The molecule has 1 aromatic rings. The smallest absolute Gasteiger partial charge is 0.354 e. The Balaban J connectivity index is 2.35. The molecule has 0 unspecified atom stereocenters. The number of carboxylic acid groups (broad SMARTS) is 1. The lowest BCUT2D eigenvalue weighted by Crippen LogP contribution is -2.33. The Labute approximate surface area is 99.5 Å². The van der Waals surface area contributed by atoms with Gasteiger partial charge in [-0.2, -0.15) is 0 Å². The van der Waals surface area contributed by atoms with Gasteiger partial charge in [0.25, 0.3) is 0 Å². The molecule has 0 saturated heterocycles. The van der Waals surface area contributed by atoms with Crippen molar-refractivity contribution in [1.82, 2.24) is 14.9 Å². The summed E-state index contributed by atoms with van der Waals surface area (Å²) in [6.45, 7) is 4.63. The zero-order chi connectivity index (χ0) is 12.4. The summed E-state index contributed by atoms with van der Waals surface area (Å²) in [7, 11) is 0. The van der Waals surface area contributed by atoms with Gasteiger partial charge in [0.05, 0.1) is 5.69 Å². The predicted octanol–water partition coefficient (Wildman–Crippen LogP) is 0.525. The molecule has 2 rings (SSSR count). The fourth-order valence-electron chi connectivity index (χ4n) is 2.19. The zero-order valence-electron chi connectivity index (χ0n) is 9.81. The number of hydrogen-bond donors (Lipinski definition) is 2. The normalized spacial score (nSPS) is 15.6. The average molecular weight is 236 g/mol. The number of hydrogen-bond acceptors (Lipinski definition) is 5. The first-order chi connectivity index (χ1) is 8.11.